The Bertz CT molecular complexity index is 1250. The standard InChI is InChI=1S/C25H33BrN6O4/c1-6-31-17-11-10-16(35-12-8-9-21(33)36-25(3,4)5)13-18(17)32(7-2)20(31)15-29-24(34)22-23(27)28-14-19(26)30-22/h10-11,13-14H,6-9,12,15H2,1-5H3,(H2-,27,28,29,34)/p+1. The molecule has 194 valence electrons. The minimum absolute atomic E-state index is 0.0727. The highest BCUT2D eigenvalue weighted by atomic mass is 79.9. The molecule has 0 saturated heterocycles. The van der Waals surface area contributed by atoms with Gasteiger partial charge in [-0.25, -0.2) is 19.1 Å². The fourth-order valence-electron chi connectivity index (χ4n) is 3.94. The van der Waals surface area contributed by atoms with Crippen LogP contribution in [0.5, 0.6) is 5.75 Å². The first-order valence-electron chi connectivity index (χ1n) is 12.0. The topological polar surface area (TPSA) is 125 Å². The van der Waals surface area contributed by atoms with Crippen molar-refractivity contribution in [2.75, 3.05) is 12.3 Å². The Morgan fingerprint density at radius 2 is 2.00 bits per heavy atom. The molecule has 1 amide bonds. The van der Waals surface area contributed by atoms with E-state index in [1.165, 1.54) is 6.20 Å². The van der Waals surface area contributed by atoms with Crippen LogP contribution in [-0.4, -0.2) is 38.6 Å². The molecule has 0 saturated carbocycles. The minimum atomic E-state index is -0.488. The van der Waals surface area contributed by atoms with Crippen LogP contribution in [0.1, 0.15) is 63.8 Å². The zero-order chi connectivity index (χ0) is 26.5. The molecule has 3 aromatic rings. The molecule has 0 atom stereocenters. The van der Waals surface area contributed by atoms with E-state index in [0.717, 1.165) is 29.2 Å². The molecule has 2 heterocycles. The molecule has 36 heavy (non-hydrogen) atoms. The van der Waals surface area contributed by atoms with Gasteiger partial charge in [-0.15, -0.1) is 0 Å². The van der Waals surface area contributed by atoms with E-state index in [9.17, 15) is 9.59 Å². The number of nitrogens with zero attached hydrogens (tertiary/aromatic N) is 4. The van der Waals surface area contributed by atoms with Gasteiger partial charge < -0.3 is 20.5 Å². The second kappa shape index (κ2) is 11.7. The fraction of sp³-hybridized carbons (Fsp3) is 0.480. The summed E-state index contributed by atoms with van der Waals surface area (Å²) in [4.78, 5) is 32.8. The number of esters is 1. The van der Waals surface area contributed by atoms with Gasteiger partial charge in [0.1, 0.15) is 22.5 Å². The van der Waals surface area contributed by atoms with E-state index in [-0.39, 0.29) is 24.0 Å². The van der Waals surface area contributed by atoms with Crippen molar-refractivity contribution in [2.24, 2.45) is 0 Å². The number of rotatable bonds is 10. The Morgan fingerprint density at radius 3 is 2.67 bits per heavy atom. The van der Waals surface area contributed by atoms with Crippen molar-refractivity contribution in [1.82, 2.24) is 19.9 Å². The van der Waals surface area contributed by atoms with Crippen LogP contribution < -0.4 is 20.4 Å². The first-order valence-corrected chi connectivity index (χ1v) is 12.8. The lowest BCUT2D eigenvalue weighted by Crippen LogP contribution is -2.40. The zero-order valence-corrected chi connectivity index (χ0v) is 23.0. The first kappa shape index (κ1) is 27.4. The number of nitrogens with one attached hydrogen (secondary N) is 1. The molecule has 0 aliphatic rings. The fourth-order valence-corrected chi connectivity index (χ4v) is 4.22. The maximum Gasteiger partial charge on any atom is 0.306 e. The summed E-state index contributed by atoms with van der Waals surface area (Å²) >= 11 is 3.22. The molecule has 0 aliphatic carbocycles. The number of imidazole rings is 1. The van der Waals surface area contributed by atoms with Crippen molar-refractivity contribution in [3.63, 3.8) is 0 Å². The molecule has 1 aromatic carbocycles. The summed E-state index contributed by atoms with van der Waals surface area (Å²) in [5.74, 6) is 1.10. The number of aromatic nitrogens is 4. The number of fused-ring (bicyclic) bond motifs is 1. The maximum absolute atomic E-state index is 12.7. The quantitative estimate of drug-likeness (QED) is 0.220. The Labute approximate surface area is 219 Å². The van der Waals surface area contributed by atoms with E-state index >= 15 is 0 Å². The van der Waals surface area contributed by atoms with Crippen molar-refractivity contribution in [3.8, 4) is 5.75 Å². The van der Waals surface area contributed by atoms with Gasteiger partial charge in [-0.1, -0.05) is 0 Å². The number of amides is 1. The first-order chi connectivity index (χ1) is 17.0. The molecular formula is C25H34BrN6O4+. The van der Waals surface area contributed by atoms with Gasteiger partial charge in [-0.3, -0.25) is 9.59 Å². The SMILES string of the molecule is CCn1c(CNC(=O)c2nc(Br)cnc2N)[n+](CC)c2ccc(OCCCC(=O)OC(C)(C)C)cc21. The third-order valence-corrected chi connectivity index (χ3v) is 5.77. The molecule has 0 unspecified atom stereocenters. The number of ether oxygens (including phenoxy) is 2. The second-order valence-corrected chi connectivity index (χ2v) is 10.0. The Balaban J connectivity index is 1.74. The van der Waals surface area contributed by atoms with Gasteiger partial charge in [0.15, 0.2) is 22.5 Å². The molecule has 0 radical (unpaired) electrons. The van der Waals surface area contributed by atoms with Gasteiger partial charge in [0, 0.05) is 12.5 Å². The molecular weight excluding hydrogens is 528 g/mol. The molecule has 10 nitrogen and oxygen atoms in total. The normalized spacial score (nSPS) is 11.5. The average molecular weight is 562 g/mol. The number of nitrogens with two attached hydrogens (primary N) is 1. The van der Waals surface area contributed by atoms with Gasteiger partial charge >= 0.3 is 5.97 Å². The van der Waals surface area contributed by atoms with Crippen molar-refractivity contribution >= 4 is 44.7 Å². The average Bonchev–Trinajstić information content (AvgIpc) is 3.12. The van der Waals surface area contributed by atoms with Gasteiger partial charge in [0.25, 0.3) is 11.7 Å². The zero-order valence-electron chi connectivity index (χ0n) is 21.4. The van der Waals surface area contributed by atoms with E-state index in [4.69, 9.17) is 15.2 Å². The van der Waals surface area contributed by atoms with E-state index in [2.05, 4.69) is 54.2 Å². The monoisotopic (exact) mass is 561 g/mol. The predicted octanol–water partition coefficient (Wildman–Crippen LogP) is 3.53. The summed E-state index contributed by atoms with van der Waals surface area (Å²) in [6.45, 7) is 11.8. The predicted molar refractivity (Wildman–Crippen MR) is 139 cm³/mol. The number of anilines is 1. The van der Waals surface area contributed by atoms with Gasteiger partial charge in [-0.2, -0.15) is 0 Å². The van der Waals surface area contributed by atoms with Crippen molar-refractivity contribution in [2.45, 2.75) is 72.7 Å². The van der Waals surface area contributed by atoms with Crippen LogP contribution >= 0.6 is 15.9 Å². The van der Waals surface area contributed by atoms with E-state index < -0.39 is 11.5 Å². The summed E-state index contributed by atoms with van der Waals surface area (Å²) in [5, 5.41) is 2.92. The number of carbonyl (C=O) groups is 2. The number of carbonyl (C=O) groups excluding carboxylic acids is 2. The van der Waals surface area contributed by atoms with Crippen LogP contribution in [0.15, 0.2) is 29.0 Å². The van der Waals surface area contributed by atoms with E-state index in [0.29, 0.717) is 30.6 Å². The highest BCUT2D eigenvalue weighted by Gasteiger charge is 2.25. The van der Waals surface area contributed by atoms with Crippen LogP contribution in [0.25, 0.3) is 11.0 Å². The summed E-state index contributed by atoms with van der Waals surface area (Å²) in [6, 6.07) is 5.92. The molecule has 11 heteroatoms. The largest absolute Gasteiger partial charge is 0.493 e. The Morgan fingerprint density at radius 1 is 1.25 bits per heavy atom. The number of aryl methyl sites for hydroxylation is 2. The number of nitrogen functional groups attached to an aromatic ring is 1. The number of hydrogen-bond acceptors (Lipinski definition) is 7. The van der Waals surface area contributed by atoms with Crippen molar-refractivity contribution in [1.29, 1.82) is 0 Å². The third kappa shape index (κ3) is 6.71. The molecule has 0 bridgehead atoms. The number of benzene rings is 1. The summed E-state index contributed by atoms with van der Waals surface area (Å²) in [7, 11) is 0. The van der Waals surface area contributed by atoms with Crippen molar-refractivity contribution < 1.29 is 23.6 Å². The van der Waals surface area contributed by atoms with E-state index in [1.807, 2.05) is 39.0 Å². The second-order valence-electron chi connectivity index (χ2n) is 9.20. The molecule has 3 rings (SSSR count). The molecule has 0 aliphatic heterocycles. The van der Waals surface area contributed by atoms with Gasteiger partial charge in [0.05, 0.1) is 25.9 Å². The summed E-state index contributed by atoms with van der Waals surface area (Å²) < 4.78 is 16.0. The van der Waals surface area contributed by atoms with E-state index in [1.54, 1.807) is 0 Å². The van der Waals surface area contributed by atoms with Crippen molar-refractivity contribution in [3.05, 3.63) is 40.5 Å². The van der Waals surface area contributed by atoms with Gasteiger partial charge in [0.2, 0.25) is 0 Å². The molecule has 3 N–H and O–H groups in total. The van der Waals surface area contributed by atoms with Crippen LogP contribution in [0.2, 0.25) is 0 Å². The smallest absolute Gasteiger partial charge is 0.306 e. The lowest BCUT2D eigenvalue weighted by Gasteiger charge is -2.19. The highest BCUT2D eigenvalue weighted by molar-refractivity contribution is 9.10. The Kier molecular flexibility index (Phi) is 8.89. The minimum Gasteiger partial charge on any atom is -0.493 e. The summed E-state index contributed by atoms with van der Waals surface area (Å²) in [5.41, 5.74) is 7.46. The number of halogens is 1. The van der Waals surface area contributed by atoms with Crippen LogP contribution in [0, 0.1) is 0 Å². The maximum atomic E-state index is 12.7. The molecule has 2 aromatic heterocycles. The summed E-state index contributed by atoms with van der Waals surface area (Å²) in [6.07, 6.45) is 2.32. The van der Waals surface area contributed by atoms with Crippen LogP contribution in [0.3, 0.4) is 0 Å². The van der Waals surface area contributed by atoms with Gasteiger partial charge in [-0.05, 0) is 69.1 Å². The lowest BCUT2D eigenvalue weighted by molar-refractivity contribution is -0.676. The molecule has 0 fully saturated rings. The van der Waals surface area contributed by atoms with Crippen LogP contribution in [-0.2, 0) is 29.2 Å². The lowest BCUT2D eigenvalue weighted by atomic mass is 10.2. The highest BCUT2D eigenvalue weighted by Crippen LogP contribution is 2.22. The third-order valence-electron chi connectivity index (χ3n) is 5.39. The molecule has 0 spiro atoms. The Hall–Kier alpha value is -3.21. The number of hydrogen-bond donors (Lipinski definition) is 2. The van der Waals surface area contributed by atoms with Crippen LogP contribution in [0.4, 0.5) is 5.82 Å².